The minimum absolute atomic E-state index is 0.00743. The van der Waals surface area contributed by atoms with Crippen LogP contribution in [-0.2, 0) is 4.57 Å². The highest BCUT2D eigenvalue weighted by Crippen LogP contribution is 2.33. The van der Waals surface area contributed by atoms with Crippen LogP contribution in [0.3, 0.4) is 0 Å². The van der Waals surface area contributed by atoms with Crippen LogP contribution in [0.4, 0.5) is 11.4 Å². The van der Waals surface area contributed by atoms with E-state index in [4.69, 9.17) is 11.5 Å². The first-order valence-electron chi connectivity index (χ1n) is 6.87. The summed E-state index contributed by atoms with van der Waals surface area (Å²) in [5.41, 5.74) is 16.9. The van der Waals surface area contributed by atoms with Crippen molar-refractivity contribution >= 4 is 25.1 Å². The molecule has 3 aromatic carbocycles. The monoisotopic (exact) mass is 306 g/mol. The average molecular weight is 306 g/mol. The molecule has 0 saturated carbocycles. The smallest absolute Gasteiger partial charge is 0.192 e. The van der Waals surface area contributed by atoms with Gasteiger partial charge in [0.2, 0.25) is 0 Å². The van der Waals surface area contributed by atoms with Crippen LogP contribution in [0.25, 0.3) is 22.3 Å². The van der Waals surface area contributed by atoms with Gasteiger partial charge in [0.25, 0.3) is 0 Å². The quantitative estimate of drug-likeness (QED) is 0.565. The lowest BCUT2D eigenvalue weighted by Crippen LogP contribution is -2.00. The van der Waals surface area contributed by atoms with Gasteiger partial charge < -0.3 is 11.5 Å². The largest absolute Gasteiger partial charge is 0.399 e. The highest BCUT2D eigenvalue weighted by atomic mass is 31.1. The highest BCUT2D eigenvalue weighted by molar-refractivity contribution is 7.34. The molecule has 0 aromatic heterocycles. The Labute approximate surface area is 130 Å². The number of hydrogen-bond donors (Lipinski definition) is 2. The Morgan fingerprint density at radius 3 is 1.77 bits per heavy atom. The fraction of sp³-hybridized carbons (Fsp3) is 0. The van der Waals surface area contributed by atoms with E-state index in [2.05, 4.69) is 0 Å². The molecule has 0 saturated heterocycles. The number of nitrogens with two attached hydrogens (primary N) is 2. The first-order valence-corrected chi connectivity index (χ1v) is 7.68. The van der Waals surface area contributed by atoms with Crippen LogP contribution in [0.15, 0.2) is 66.7 Å². The normalized spacial score (nSPS) is 10.7. The number of benzene rings is 3. The van der Waals surface area contributed by atoms with Crippen molar-refractivity contribution in [2.45, 2.75) is 0 Å². The zero-order valence-electron chi connectivity index (χ0n) is 11.9. The van der Waals surface area contributed by atoms with E-state index in [-0.39, 0.29) is 8.46 Å². The van der Waals surface area contributed by atoms with Crippen LogP contribution < -0.4 is 16.8 Å². The van der Waals surface area contributed by atoms with E-state index in [0.717, 1.165) is 33.2 Å². The van der Waals surface area contributed by atoms with Crippen LogP contribution in [0.1, 0.15) is 0 Å². The third-order valence-electron chi connectivity index (χ3n) is 3.56. The molecule has 22 heavy (non-hydrogen) atoms. The van der Waals surface area contributed by atoms with E-state index in [1.54, 1.807) is 0 Å². The predicted octanol–water partition coefficient (Wildman–Crippen LogP) is 4.10. The highest BCUT2D eigenvalue weighted by Gasteiger charge is 2.12. The number of anilines is 2. The summed E-state index contributed by atoms with van der Waals surface area (Å²) in [7, 11) is -0.00743. The van der Waals surface area contributed by atoms with Crippen LogP contribution in [0.5, 0.6) is 0 Å². The summed E-state index contributed by atoms with van der Waals surface area (Å²) < 4.78 is 11.6. The molecule has 108 valence electrons. The molecule has 0 spiro atoms. The molecule has 3 aromatic rings. The van der Waals surface area contributed by atoms with Gasteiger partial charge in [-0.05, 0) is 47.0 Å². The maximum atomic E-state index is 11.6. The summed E-state index contributed by atoms with van der Waals surface area (Å²) in [6, 6.07) is 21.0. The lowest BCUT2D eigenvalue weighted by molar-refractivity contribution is 0.603. The Kier molecular flexibility index (Phi) is 3.90. The van der Waals surface area contributed by atoms with Crippen molar-refractivity contribution in [2.75, 3.05) is 11.5 Å². The Bertz CT molecular complexity index is 811. The molecule has 0 unspecified atom stereocenters. The van der Waals surface area contributed by atoms with Crippen molar-refractivity contribution in [3.63, 3.8) is 0 Å². The standard InChI is InChI=1S/C18H15N2OP/c19-14-8-4-12(5-9-14)16-2-1-3-17(22-21)18(16)13-6-10-15(20)11-7-13/h1-11H,19-20H2. The zero-order valence-corrected chi connectivity index (χ0v) is 12.8. The molecule has 0 radical (unpaired) electrons. The van der Waals surface area contributed by atoms with Gasteiger partial charge in [-0.25, -0.2) is 0 Å². The van der Waals surface area contributed by atoms with Gasteiger partial charge in [0.1, 0.15) is 0 Å². The van der Waals surface area contributed by atoms with Crippen molar-refractivity contribution in [3.8, 4) is 22.3 Å². The second-order valence-electron chi connectivity index (χ2n) is 5.04. The maximum absolute atomic E-state index is 11.6. The Hall–Kier alpha value is -2.64. The molecule has 3 nitrogen and oxygen atoms in total. The van der Waals surface area contributed by atoms with E-state index in [1.807, 2.05) is 66.7 Å². The van der Waals surface area contributed by atoms with Crippen LogP contribution in [0, 0.1) is 0 Å². The fourth-order valence-electron chi connectivity index (χ4n) is 2.47. The fourth-order valence-corrected chi connectivity index (χ4v) is 2.96. The Morgan fingerprint density at radius 1 is 0.682 bits per heavy atom. The van der Waals surface area contributed by atoms with Gasteiger partial charge in [-0.1, -0.05) is 36.4 Å². The van der Waals surface area contributed by atoms with E-state index in [9.17, 15) is 4.57 Å². The number of rotatable bonds is 3. The van der Waals surface area contributed by atoms with Gasteiger partial charge in [0.05, 0.1) is 5.30 Å². The first kappa shape index (κ1) is 14.3. The SMILES string of the molecule is Nc1ccc(-c2cccc(P=O)c2-c2ccc(N)cc2)cc1. The predicted molar refractivity (Wildman–Crippen MR) is 93.4 cm³/mol. The van der Waals surface area contributed by atoms with Crippen LogP contribution in [-0.4, -0.2) is 0 Å². The van der Waals surface area contributed by atoms with Crippen molar-refractivity contribution in [1.82, 2.24) is 0 Å². The van der Waals surface area contributed by atoms with E-state index in [1.165, 1.54) is 0 Å². The molecule has 0 bridgehead atoms. The number of nitrogen functional groups attached to an aromatic ring is 2. The van der Waals surface area contributed by atoms with Gasteiger partial charge in [0.15, 0.2) is 8.46 Å². The molecule has 0 fully saturated rings. The molecule has 3 rings (SSSR count). The van der Waals surface area contributed by atoms with Gasteiger partial charge in [-0.2, -0.15) is 0 Å². The van der Waals surface area contributed by atoms with Crippen LogP contribution in [0.2, 0.25) is 0 Å². The molecular formula is C18H15N2OP. The minimum Gasteiger partial charge on any atom is -0.399 e. The maximum Gasteiger partial charge on any atom is 0.192 e. The van der Waals surface area contributed by atoms with Gasteiger partial charge in [0, 0.05) is 16.9 Å². The van der Waals surface area contributed by atoms with E-state index < -0.39 is 0 Å². The molecule has 0 aliphatic heterocycles. The Balaban J connectivity index is 2.24. The van der Waals surface area contributed by atoms with Crippen molar-refractivity contribution < 1.29 is 4.57 Å². The van der Waals surface area contributed by atoms with Crippen molar-refractivity contribution in [2.24, 2.45) is 0 Å². The summed E-state index contributed by atoms with van der Waals surface area (Å²) in [5.74, 6) is 0. The van der Waals surface area contributed by atoms with Gasteiger partial charge in [-0.15, -0.1) is 0 Å². The molecule has 0 aliphatic carbocycles. The topological polar surface area (TPSA) is 69.1 Å². The lowest BCUT2D eigenvalue weighted by atomic mass is 9.94. The zero-order chi connectivity index (χ0) is 15.5. The molecule has 0 aliphatic rings. The van der Waals surface area contributed by atoms with Crippen molar-refractivity contribution in [3.05, 3.63) is 66.7 Å². The molecule has 4 N–H and O–H groups in total. The molecule has 0 atom stereocenters. The molecule has 0 amide bonds. The summed E-state index contributed by atoms with van der Waals surface area (Å²) in [4.78, 5) is 0. The first-order chi connectivity index (χ1) is 10.7. The lowest BCUT2D eigenvalue weighted by Gasteiger charge is -2.13. The van der Waals surface area contributed by atoms with Gasteiger partial charge >= 0.3 is 0 Å². The number of hydrogen-bond acceptors (Lipinski definition) is 3. The molecular weight excluding hydrogens is 291 g/mol. The van der Waals surface area contributed by atoms with Crippen LogP contribution >= 0.6 is 8.46 Å². The second kappa shape index (κ2) is 6.00. The third kappa shape index (κ3) is 2.72. The van der Waals surface area contributed by atoms with E-state index in [0.29, 0.717) is 5.69 Å². The summed E-state index contributed by atoms with van der Waals surface area (Å²) >= 11 is 0. The van der Waals surface area contributed by atoms with E-state index >= 15 is 0 Å². The summed E-state index contributed by atoms with van der Waals surface area (Å²) in [5, 5.41) is 0.749. The summed E-state index contributed by atoms with van der Waals surface area (Å²) in [6.07, 6.45) is 0. The average Bonchev–Trinajstić information content (AvgIpc) is 2.56. The van der Waals surface area contributed by atoms with Gasteiger partial charge in [-0.3, -0.25) is 4.57 Å². The summed E-state index contributed by atoms with van der Waals surface area (Å²) in [6.45, 7) is 0. The molecule has 0 heterocycles. The van der Waals surface area contributed by atoms with Crippen molar-refractivity contribution in [1.29, 1.82) is 0 Å². The third-order valence-corrected chi connectivity index (χ3v) is 4.13. The Morgan fingerprint density at radius 2 is 1.23 bits per heavy atom. The molecule has 4 heteroatoms. The minimum atomic E-state index is -0.00743. The second-order valence-corrected chi connectivity index (χ2v) is 5.70.